The second-order valence-electron chi connectivity index (χ2n) is 5.77. The zero-order valence-corrected chi connectivity index (χ0v) is 14.1. The van der Waals surface area contributed by atoms with Crippen LogP contribution in [0.3, 0.4) is 0 Å². The molecule has 0 spiro atoms. The molecule has 0 saturated carbocycles. The number of benzene rings is 1. The highest BCUT2D eigenvalue weighted by molar-refractivity contribution is 7.09. The van der Waals surface area contributed by atoms with Crippen molar-refractivity contribution in [3.8, 4) is 0 Å². The largest absolute Gasteiger partial charge is 0.389 e. The van der Waals surface area contributed by atoms with Gasteiger partial charge in [-0.2, -0.15) is 0 Å². The van der Waals surface area contributed by atoms with Gasteiger partial charge in [0.1, 0.15) is 0 Å². The maximum Gasteiger partial charge on any atom is 0.0900 e. The molecule has 0 aliphatic carbocycles. The fourth-order valence-corrected chi connectivity index (χ4v) is 3.05. The van der Waals surface area contributed by atoms with E-state index in [0.29, 0.717) is 13.2 Å². The third-order valence-electron chi connectivity index (χ3n) is 3.30. The smallest absolute Gasteiger partial charge is 0.0900 e. The molecule has 0 unspecified atom stereocenters. The average molecular weight is 319 g/mol. The molecule has 1 N–H and O–H groups in total. The van der Waals surface area contributed by atoms with Gasteiger partial charge in [0, 0.05) is 24.5 Å². The molecule has 0 fully saturated rings. The number of ether oxygens (including phenoxy) is 1. The summed E-state index contributed by atoms with van der Waals surface area (Å²) >= 11 is 1.75. The van der Waals surface area contributed by atoms with E-state index in [0.717, 1.165) is 13.1 Å². The second-order valence-corrected chi connectivity index (χ2v) is 6.80. The van der Waals surface area contributed by atoms with Crippen LogP contribution in [0.15, 0.2) is 47.8 Å². The zero-order chi connectivity index (χ0) is 15.8. The normalized spacial score (nSPS) is 13.0. The molecule has 120 valence electrons. The number of hydrogen-bond donors (Lipinski definition) is 1. The van der Waals surface area contributed by atoms with Gasteiger partial charge in [-0.3, -0.25) is 4.90 Å². The van der Waals surface area contributed by atoms with E-state index in [-0.39, 0.29) is 6.10 Å². The standard InChI is InChI=1S/C18H25NO2S/c1-15(2)21-14-17(20)12-19(13-18-9-6-10-22-18)11-16-7-4-3-5-8-16/h3-10,15,17,20H,11-14H2,1-2H3/t17-/m0/s1. The monoisotopic (exact) mass is 319 g/mol. The van der Waals surface area contributed by atoms with Crippen LogP contribution in [0.4, 0.5) is 0 Å². The van der Waals surface area contributed by atoms with Crippen molar-refractivity contribution >= 4 is 11.3 Å². The van der Waals surface area contributed by atoms with Gasteiger partial charge in [-0.25, -0.2) is 0 Å². The molecule has 2 rings (SSSR count). The highest BCUT2D eigenvalue weighted by atomic mass is 32.1. The molecule has 0 radical (unpaired) electrons. The van der Waals surface area contributed by atoms with Crippen LogP contribution < -0.4 is 0 Å². The summed E-state index contributed by atoms with van der Waals surface area (Å²) in [6, 6.07) is 14.6. The molecule has 1 atom stereocenters. The summed E-state index contributed by atoms with van der Waals surface area (Å²) in [7, 11) is 0. The Morgan fingerprint density at radius 3 is 2.50 bits per heavy atom. The van der Waals surface area contributed by atoms with Crippen molar-refractivity contribution in [2.24, 2.45) is 0 Å². The quantitative estimate of drug-likeness (QED) is 0.767. The highest BCUT2D eigenvalue weighted by Gasteiger charge is 2.14. The maximum atomic E-state index is 10.2. The Morgan fingerprint density at radius 2 is 1.86 bits per heavy atom. The fraction of sp³-hybridized carbons (Fsp3) is 0.444. The van der Waals surface area contributed by atoms with Gasteiger partial charge < -0.3 is 9.84 Å². The number of aliphatic hydroxyl groups is 1. The van der Waals surface area contributed by atoms with Crippen LogP contribution in [0.2, 0.25) is 0 Å². The number of aliphatic hydroxyl groups excluding tert-OH is 1. The number of hydrogen-bond acceptors (Lipinski definition) is 4. The third kappa shape index (κ3) is 6.28. The SMILES string of the molecule is CC(C)OC[C@@H](O)CN(Cc1ccccc1)Cc1cccs1. The van der Waals surface area contributed by atoms with E-state index in [4.69, 9.17) is 4.74 Å². The lowest BCUT2D eigenvalue weighted by molar-refractivity contribution is -0.0105. The van der Waals surface area contributed by atoms with Crippen LogP contribution in [-0.2, 0) is 17.8 Å². The summed E-state index contributed by atoms with van der Waals surface area (Å²) in [5.41, 5.74) is 1.26. The zero-order valence-electron chi connectivity index (χ0n) is 13.3. The van der Waals surface area contributed by atoms with E-state index in [2.05, 4.69) is 46.7 Å². The maximum absolute atomic E-state index is 10.2. The first kappa shape index (κ1) is 17.2. The van der Waals surface area contributed by atoms with Gasteiger partial charge in [0.2, 0.25) is 0 Å². The van der Waals surface area contributed by atoms with Gasteiger partial charge in [-0.05, 0) is 30.9 Å². The molecular formula is C18H25NO2S. The predicted octanol–water partition coefficient (Wildman–Crippen LogP) is 3.54. The molecule has 1 aromatic heterocycles. The van der Waals surface area contributed by atoms with Crippen LogP contribution in [0.1, 0.15) is 24.3 Å². The van der Waals surface area contributed by atoms with Crippen LogP contribution in [0, 0.1) is 0 Å². The Labute approximate surface area is 137 Å². The Kier molecular flexibility index (Phi) is 7.06. The molecule has 0 aliphatic heterocycles. The summed E-state index contributed by atoms with van der Waals surface area (Å²) in [4.78, 5) is 3.59. The van der Waals surface area contributed by atoms with Crippen LogP contribution in [-0.4, -0.2) is 35.4 Å². The van der Waals surface area contributed by atoms with Gasteiger partial charge in [-0.1, -0.05) is 36.4 Å². The number of rotatable bonds is 9. The number of nitrogens with zero attached hydrogens (tertiary/aromatic N) is 1. The Morgan fingerprint density at radius 1 is 1.09 bits per heavy atom. The van der Waals surface area contributed by atoms with Crippen molar-refractivity contribution in [3.63, 3.8) is 0 Å². The average Bonchev–Trinajstić information content (AvgIpc) is 2.99. The van der Waals surface area contributed by atoms with Crippen molar-refractivity contribution in [1.82, 2.24) is 4.90 Å². The molecule has 0 bridgehead atoms. The van der Waals surface area contributed by atoms with E-state index in [1.54, 1.807) is 11.3 Å². The van der Waals surface area contributed by atoms with Gasteiger partial charge in [0.05, 0.1) is 18.8 Å². The summed E-state index contributed by atoms with van der Waals surface area (Å²) in [5.74, 6) is 0. The van der Waals surface area contributed by atoms with Crippen molar-refractivity contribution < 1.29 is 9.84 Å². The molecule has 3 nitrogen and oxygen atoms in total. The summed E-state index contributed by atoms with van der Waals surface area (Å²) < 4.78 is 5.52. The second kappa shape index (κ2) is 9.06. The van der Waals surface area contributed by atoms with Crippen molar-refractivity contribution in [2.75, 3.05) is 13.2 Å². The number of thiophene rings is 1. The molecule has 0 saturated heterocycles. The van der Waals surface area contributed by atoms with E-state index in [1.165, 1.54) is 10.4 Å². The fourth-order valence-electron chi connectivity index (χ4n) is 2.30. The summed E-state index contributed by atoms with van der Waals surface area (Å²) in [6.07, 6.45) is -0.319. The molecule has 2 aromatic rings. The molecule has 4 heteroatoms. The van der Waals surface area contributed by atoms with Gasteiger partial charge in [0.15, 0.2) is 0 Å². The first-order valence-corrected chi connectivity index (χ1v) is 8.60. The van der Waals surface area contributed by atoms with Gasteiger partial charge >= 0.3 is 0 Å². The molecule has 0 amide bonds. The van der Waals surface area contributed by atoms with Gasteiger partial charge in [0.25, 0.3) is 0 Å². The summed E-state index contributed by atoms with van der Waals surface area (Å²) in [5, 5.41) is 12.3. The van der Waals surface area contributed by atoms with E-state index >= 15 is 0 Å². The topological polar surface area (TPSA) is 32.7 Å². The van der Waals surface area contributed by atoms with Crippen molar-refractivity contribution in [3.05, 3.63) is 58.3 Å². The highest BCUT2D eigenvalue weighted by Crippen LogP contribution is 2.15. The van der Waals surface area contributed by atoms with Crippen molar-refractivity contribution in [2.45, 2.75) is 39.1 Å². The lowest BCUT2D eigenvalue weighted by Crippen LogP contribution is -2.34. The molecule has 1 heterocycles. The first-order chi connectivity index (χ1) is 10.6. The van der Waals surface area contributed by atoms with Gasteiger partial charge in [-0.15, -0.1) is 11.3 Å². The predicted molar refractivity (Wildman–Crippen MR) is 92.0 cm³/mol. The Balaban J connectivity index is 1.94. The minimum absolute atomic E-state index is 0.148. The molecular weight excluding hydrogens is 294 g/mol. The lowest BCUT2D eigenvalue weighted by Gasteiger charge is -2.25. The van der Waals surface area contributed by atoms with E-state index < -0.39 is 6.10 Å². The minimum atomic E-state index is -0.467. The molecule has 0 aliphatic rings. The first-order valence-electron chi connectivity index (χ1n) is 7.72. The van der Waals surface area contributed by atoms with Crippen LogP contribution in [0.25, 0.3) is 0 Å². The lowest BCUT2D eigenvalue weighted by atomic mass is 10.2. The molecule has 1 aromatic carbocycles. The third-order valence-corrected chi connectivity index (χ3v) is 4.16. The molecule has 22 heavy (non-hydrogen) atoms. The van der Waals surface area contributed by atoms with Crippen LogP contribution >= 0.6 is 11.3 Å². The van der Waals surface area contributed by atoms with Crippen LogP contribution in [0.5, 0.6) is 0 Å². The Hall–Kier alpha value is -1.20. The van der Waals surface area contributed by atoms with Crippen molar-refractivity contribution in [1.29, 1.82) is 0 Å². The minimum Gasteiger partial charge on any atom is -0.389 e. The van der Waals surface area contributed by atoms with E-state index in [9.17, 15) is 5.11 Å². The summed E-state index contributed by atoms with van der Waals surface area (Å²) in [6.45, 7) is 6.65. The Bertz CT molecular complexity index is 513. The van der Waals surface area contributed by atoms with E-state index in [1.807, 2.05) is 19.9 Å².